The third-order valence-corrected chi connectivity index (χ3v) is 8.36. The van der Waals surface area contributed by atoms with Gasteiger partial charge in [0.1, 0.15) is 5.82 Å². The standard InChI is InChI=1S/C36H26N2/c1-36(2)30-18-10-8-16-26(30)28-20-21-29-27-17-9-11-19-31(27)38(35(29)33(28)36)32-22-24-14-6-7-15-25(24)34(37-32)23-12-4-3-5-13-23/h3-22H,1-2H3. The summed E-state index contributed by atoms with van der Waals surface area (Å²) in [5, 5.41) is 4.89. The molecule has 7 aromatic rings. The van der Waals surface area contributed by atoms with Crippen molar-refractivity contribution in [3.63, 3.8) is 0 Å². The van der Waals surface area contributed by atoms with E-state index in [2.05, 4.69) is 140 Å². The number of para-hydroxylation sites is 1. The number of pyridine rings is 1. The molecule has 2 nitrogen and oxygen atoms in total. The lowest BCUT2D eigenvalue weighted by Gasteiger charge is -2.23. The summed E-state index contributed by atoms with van der Waals surface area (Å²) >= 11 is 0. The Morgan fingerprint density at radius 2 is 1.32 bits per heavy atom. The molecule has 1 aliphatic carbocycles. The molecule has 8 rings (SSSR count). The van der Waals surface area contributed by atoms with Crippen LogP contribution in [0, 0.1) is 0 Å². The van der Waals surface area contributed by atoms with Crippen molar-refractivity contribution in [2.45, 2.75) is 19.3 Å². The van der Waals surface area contributed by atoms with Crippen molar-refractivity contribution >= 4 is 32.6 Å². The molecule has 0 bridgehead atoms. The van der Waals surface area contributed by atoms with Gasteiger partial charge in [0, 0.05) is 27.1 Å². The van der Waals surface area contributed by atoms with E-state index in [0.29, 0.717) is 0 Å². The number of hydrogen-bond donors (Lipinski definition) is 0. The summed E-state index contributed by atoms with van der Waals surface area (Å²) in [5.41, 5.74) is 9.88. The van der Waals surface area contributed by atoms with Crippen molar-refractivity contribution in [1.82, 2.24) is 9.55 Å². The lowest BCUT2D eigenvalue weighted by molar-refractivity contribution is 0.663. The Morgan fingerprint density at radius 3 is 2.18 bits per heavy atom. The zero-order valence-corrected chi connectivity index (χ0v) is 21.4. The molecule has 0 aliphatic heterocycles. The van der Waals surface area contributed by atoms with Gasteiger partial charge in [-0.05, 0) is 39.8 Å². The first-order chi connectivity index (χ1) is 18.6. The molecule has 0 saturated carbocycles. The first kappa shape index (κ1) is 21.4. The van der Waals surface area contributed by atoms with Crippen molar-refractivity contribution in [1.29, 1.82) is 0 Å². The molecule has 0 amide bonds. The molecule has 0 unspecified atom stereocenters. The van der Waals surface area contributed by atoms with Gasteiger partial charge in [-0.25, -0.2) is 4.98 Å². The number of nitrogens with zero attached hydrogens (tertiary/aromatic N) is 2. The highest BCUT2D eigenvalue weighted by Gasteiger charge is 2.38. The molecule has 0 atom stereocenters. The minimum Gasteiger partial charge on any atom is -0.293 e. The molecule has 0 spiro atoms. The average Bonchev–Trinajstić information content (AvgIpc) is 3.42. The molecule has 0 N–H and O–H groups in total. The SMILES string of the molecule is CC1(C)c2ccccc2-c2ccc3c4ccccc4n(-c4cc5ccccc5c(-c5ccccc5)n4)c3c21. The monoisotopic (exact) mass is 486 g/mol. The van der Waals surface area contributed by atoms with E-state index in [-0.39, 0.29) is 5.41 Å². The molecule has 2 aromatic heterocycles. The normalized spacial score (nSPS) is 13.7. The van der Waals surface area contributed by atoms with Gasteiger partial charge in [0.05, 0.1) is 16.7 Å². The van der Waals surface area contributed by atoms with Gasteiger partial charge in [-0.15, -0.1) is 0 Å². The minimum atomic E-state index is -0.128. The van der Waals surface area contributed by atoms with E-state index in [1.54, 1.807) is 0 Å². The quantitative estimate of drug-likeness (QED) is 0.238. The molecule has 2 heteroatoms. The van der Waals surface area contributed by atoms with E-state index in [0.717, 1.165) is 17.1 Å². The fraction of sp³-hybridized carbons (Fsp3) is 0.0833. The Bertz CT molecular complexity index is 2040. The van der Waals surface area contributed by atoms with Gasteiger partial charge in [0.15, 0.2) is 0 Å². The second-order valence-corrected chi connectivity index (χ2v) is 10.8. The molecule has 0 radical (unpaired) electrons. The summed E-state index contributed by atoms with van der Waals surface area (Å²) in [6, 6.07) is 43.7. The first-order valence-corrected chi connectivity index (χ1v) is 13.2. The topological polar surface area (TPSA) is 17.8 Å². The molecule has 5 aromatic carbocycles. The van der Waals surface area contributed by atoms with Crippen LogP contribution in [0.5, 0.6) is 0 Å². The van der Waals surface area contributed by atoms with Crippen molar-refractivity contribution in [3.8, 4) is 28.2 Å². The van der Waals surface area contributed by atoms with Gasteiger partial charge in [0.2, 0.25) is 0 Å². The number of fused-ring (bicyclic) bond motifs is 8. The predicted molar refractivity (Wildman–Crippen MR) is 159 cm³/mol. The third-order valence-electron chi connectivity index (χ3n) is 8.36. The smallest absolute Gasteiger partial charge is 0.138 e. The van der Waals surface area contributed by atoms with Crippen LogP contribution in [0.3, 0.4) is 0 Å². The predicted octanol–water partition coefficient (Wildman–Crippen LogP) is 9.31. The zero-order chi connectivity index (χ0) is 25.4. The third kappa shape index (κ3) is 2.80. The summed E-state index contributed by atoms with van der Waals surface area (Å²) in [6.45, 7) is 4.73. The van der Waals surface area contributed by atoms with Crippen LogP contribution in [-0.4, -0.2) is 9.55 Å². The zero-order valence-electron chi connectivity index (χ0n) is 21.4. The summed E-state index contributed by atoms with van der Waals surface area (Å²) in [7, 11) is 0. The van der Waals surface area contributed by atoms with E-state index in [1.807, 2.05) is 0 Å². The first-order valence-electron chi connectivity index (χ1n) is 13.2. The molecular formula is C36H26N2. The minimum absolute atomic E-state index is 0.128. The van der Waals surface area contributed by atoms with Crippen LogP contribution in [-0.2, 0) is 5.41 Å². The summed E-state index contributed by atoms with van der Waals surface area (Å²) in [6.07, 6.45) is 0. The van der Waals surface area contributed by atoms with Crippen LogP contribution in [0.25, 0.3) is 60.8 Å². The van der Waals surface area contributed by atoms with Gasteiger partial charge in [0.25, 0.3) is 0 Å². The largest absolute Gasteiger partial charge is 0.293 e. The Labute approximate surface area is 221 Å². The number of hydrogen-bond acceptors (Lipinski definition) is 1. The average molecular weight is 487 g/mol. The highest BCUT2D eigenvalue weighted by atomic mass is 15.1. The number of benzene rings is 5. The van der Waals surface area contributed by atoms with Crippen LogP contribution >= 0.6 is 0 Å². The Kier molecular flexibility index (Phi) is 4.31. The van der Waals surface area contributed by atoms with Gasteiger partial charge < -0.3 is 0 Å². The van der Waals surface area contributed by atoms with E-state index >= 15 is 0 Å². The molecule has 2 heterocycles. The number of aromatic nitrogens is 2. The van der Waals surface area contributed by atoms with E-state index in [4.69, 9.17) is 4.98 Å². The number of rotatable bonds is 2. The Hall–Kier alpha value is -4.69. The van der Waals surface area contributed by atoms with Crippen LogP contribution in [0.2, 0.25) is 0 Å². The molecule has 180 valence electrons. The second kappa shape index (κ2) is 7.66. The summed E-state index contributed by atoms with van der Waals surface area (Å²) in [5.74, 6) is 0.953. The van der Waals surface area contributed by atoms with E-state index in [9.17, 15) is 0 Å². The van der Waals surface area contributed by atoms with E-state index < -0.39 is 0 Å². The maximum absolute atomic E-state index is 5.40. The van der Waals surface area contributed by atoms with E-state index in [1.165, 1.54) is 54.8 Å². The van der Waals surface area contributed by atoms with Gasteiger partial charge >= 0.3 is 0 Å². The molecule has 0 fully saturated rings. The fourth-order valence-electron chi connectivity index (χ4n) is 6.67. The lowest BCUT2D eigenvalue weighted by Crippen LogP contribution is -2.16. The van der Waals surface area contributed by atoms with Gasteiger partial charge in [-0.1, -0.05) is 123 Å². The summed E-state index contributed by atoms with van der Waals surface area (Å²) in [4.78, 5) is 5.40. The van der Waals surface area contributed by atoms with Crippen molar-refractivity contribution in [3.05, 3.63) is 132 Å². The van der Waals surface area contributed by atoms with Gasteiger partial charge in [-0.3, -0.25) is 4.57 Å². The second-order valence-electron chi connectivity index (χ2n) is 10.8. The highest BCUT2D eigenvalue weighted by molar-refractivity contribution is 6.13. The van der Waals surface area contributed by atoms with Crippen molar-refractivity contribution < 1.29 is 0 Å². The van der Waals surface area contributed by atoms with Crippen LogP contribution < -0.4 is 0 Å². The van der Waals surface area contributed by atoms with Crippen LogP contribution in [0.15, 0.2) is 121 Å². The Balaban J connectivity index is 1.55. The summed E-state index contributed by atoms with van der Waals surface area (Å²) < 4.78 is 2.41. The van der Waals surface area contributed by atoms with Crippen LogP contribution in [0.1, 0.15) is 25.0 Å². The highest BCUT2D eigenvalue weighted by Crippen LogP contribution is 2.52. The maximum atomic E-state index is 5.40. The molecular weight excluding hydrogens is 460 g/mol. The Morgan fingerprint density at radius 1 is 0.605 bits per heavy atom. The lowest BCUT2D eigenvalue weighted by atomic mass is 9.81. The van der Waals surface area contributed by atoms with Gasteiger partial charge in [-0.2, -0.15) is 0 Å². The molecule has 38 heavy (non-hydrogen) atoms. The fourth-order valence-corrected chi connectivity index (χ4v) is 6.67. The molecule has 1 aliphatic rings. The molecule has 0 saturated heterocycles. The van der Waals surface area contributed by atoms with Crippen LogP contribution in [0.4, 0.5) is 0 Å². The maximum Gasteiger partial charge on any atom is 0.138 e. The van der Waals surface area contributed by atoms with Crippen molar-refractivity contribution in [2.24, 2.45) is 0 Å². The van der Waals surface area contributed by atoms with Crippen molar-refractivity contribution in [2.75, 3.05) is 0 Å².